The molecule has 2 fully saturated rings. The van der Waals surface area contributed by atoms with Crippen molar-refractivity contribution in [3.05, 3.63) is 0 Å². The van der Waals surface area contributed by atoms with Gasteiger partial charge in [0.05, 0.1) is 5.25 Å². The average Bonchev–Trinajstić information content (AvgIpc) is 2.30. The molecule has 0 bridgehead atoms. The van der Waals surface area contributed by atoms with Gasteiger partial charge in [0.1, 0.15) is 0 Å². The van der Waals surface area contributed by atoms with Gasteiger partial charge in [0.15, 0.2) is 0 Å². The highest BCUT2D eigenvalue weighted by Crippen LogP contribution is 2.43. The SMILES string of the molecule is O=C1NC(=O)[S@H]2CCCC[C@@H]12. The van der Waals surface area contributed by atoms with E-state index in [1.807, 2.05) is 0 Å². The fraction of sp³-hybridized carbons (Fsp3) is 0.714. The predicted molar refractivity (Wildman–Crippen MR) is 45.0 cm³/mol. The molecule has 0 aromatic rings. The van der Waals surface area contributed by atoms with Crippen molar-refractivity contribution >= 4 is 22.0 Å². The van der Waals surface area contributed by atoms with Crippen molar-refractivity contribution in [2.75, 3.05) is 5.75 Å². The topological polar surface area (TPSA) is 46.2 Å². The lowest BCUT2D eigenvalue weighted by Gasteiger charge is -2.23. The van der Waals surface area contributed by atoms with Crippen molar-refractivity contribution in [1.29, 1.82) is 0 Å². The third-order valence-electron chi connectivity index (χ3n) is 2.30. The number of rotatable bonds is 0. The molecule has 3 nitrogen and oxygen atoms in total. The van der Waals surface area contributed by atoms with Gasteiger partial charge >= 0.3 is 0 Å². The first-order chi connectivity index (χ1) is 5.29. The van der Waals surface area contributed by atoms with Gasteiger partial charge in [-0.15, -0.1) is 0 Å². The molecule has 0 spiro atoms. The first kappa shape index (κ1) is 7.16. The zero-order chi connectivity index (χ0) is 7.84. The second-order valence-electron chi connectivity index (χ2n) is 3.00. The van der Waals surface area contributed by atoms with Gasteiger partial charge in [0, 0.05) is 0 Å². The Morgan fingerprint density at radius 3 is 2.91 bits per heavy atom. The zero-order valence-electron chi connectivity index (χ0n) is 6.17. The molecule has 2 amide bonds. The third kappa shape index (κ3) is 1.05. The quantitative estimate of drug-likeness (QED) is 0.532. The fourth-order valence-electron chi connectivity index (χ4n) is 1.71. The summed E-state index contributed by atoms with van der Waals surface area (Å²) in [5, 5.41) is 2.51. The molecule has 0 radical (unpaired) electrons. The van der Waals surface area contributed by atoms with Crippen LogP contribution in [0.1, 0.15) is 19.3 Å². The van der Waals surface area contributed by atoms with E-state index >= 15 is 0 Å². The van der Waals surface area contributed by atoms with Crippen molar-refractivity contribution in [1.82, 2.24) is 5.32 Å². The fourth-order valence-corrected chi connectivity index (χ4v) is 4.17. The summed E-state index contributed by atoms with van der Waals surface area (Å²) in [5.41, 5.74) is 0. The molecule has 1 N–H and O–H groups in total. The van der Waals surface area contributed by atoms with Crippen LogP contribution in [0.2, 0.25) is 0 Å². The highest BCUT2D eigenvalue weighted by atomic mass is 32.2. The van der Waals surface area contributed by atoms with Crippen LogP contribution in [0.25, 0.3) is 0 Å². The number of carbonyl (C=O) groups excluding carboxylic acids is 2. The first-order valence-corrected chi connectivity index (χ1v) is 5.50. The minimum atomic E-state index is -0.620. The van der Waals surface area contributed by atoms with E-state index < -0.39 is 10.9 Å². The Labute approximate surface area is 67.9 Å². The van der Waals surface area contributed by atoms with Crippen LogP contribution in [-0.2, 0) is 4.79 Å². The number of hydrogen-bond donors (Lipinski definition) is 2. The molecule has 0 aliphatic carbocycles. The third-order valence-corrected chi connectivity index (χ3v) is 4.97. The molecule has 2 rings (SSSR count). The summed E-state index contributed by atoms with van der Waals surface area (Å²) in [6.45, 7) is 0. The molecule has 0 aromatic carbocycles. The smallest absolute Gasteiger partial charge is 0.266 e. The summed E-state index contributed by atoms with van der Waals surface area (Å²) in [7, 11) is -0.620. The van der Waals surface area contributed by atoms with Gasteiger partial charge in [-0.05, 0) is 18.6 Å². The highest BCUT2D eigenvalue weighted by Gasteiger charge is 2.39. The monoisotopic (exact) mass is 173 g/mol. The minimum Gasteiger partial charge on any atom is -0.288 e. The van der Waals surface area contributed by atoms with E-state index in [1.54, 1.807) is 0 Å². The summed E-state index contributed by atoms with van der Waals surface area (Å²) in [6.07, 6.45) is 3.18. The number of hydrogen-bond acceptors (Lipinski definition) is 2. The van der Waals surface area contributed by atoms with Gasteiger partial charge in [-0.3, -0.25) is 14.9 Å². The van der Waals surface area contributed by atoms with Gasteiger partial charge in [-0.2, -0.15) is 10.9 Å². The molecule has 0 saturated carbocycles. The van der Waals surface area contributed by atoms with E-state index in [4.69, 9.17) is 0 Å². The molecule has 4 heteroatoms. The van der Waals surface area contributed by atoms with E-state index in [0.29, 0.717) is 0 Å². The molecule has 0 aromatic heterocycles. The lowest BCUT2D eigenvalue weighted by Crippen LogP contribution is -2.24. The van der Waals surface area contributed by atoms with Crippen molar-refractivity contribution in [2.24, 2.45) is 0 Å². The van der Waals surface area contributed by atoms with Crippen LogP contribution in [0.3, 0.4) is 0 Å². The summed E-state index contributed by atoms with van der Waals surface area (Å²) >= 11 is 0. The van der Waals surface area contributed by atoms with Gasteiger partial charge < -0.3 is 0 Å². The molecule has 2 aliphatic rings. The van der Waals surface area contributed by atoms with Crippen molar-refractivity contribution in [3.63, 3.8) is 0 Å². The Kier molecular flexibility index (Phi) is 1.64. The second kappa shape index (κ2) is 2.52. The standard InChI is InChI=1S/C7H11NO2S/c9-6-5-3-1-2-4-11(5)7(10)8-6/h5,11H,1-4H2,(H,8,9,10)/t5-/m0/s1. The molecule has 2 aliphatic heterocycles. The van der Waals surface area contributed by atoms with Crippen LogP contribution < -0.4 is 5.32 Å². The molecule has 62 valence electrons. The van der Waals surface area contributed by atoms with E-state index in [1.165, 1.54) is 0 Å². The second-order valence-corrected chi connectivity index (χ2v) is 5.42. The van der Waals surface area contributed by atoms with E-state index in [0.717, 1.165) is 25.0 Å². The molecule has 2 saturated heterocycles. The van der Waals surface area contributed by atoms with Crippen molar-refractivity contribution in [3.8, 4) is 0 Å². The first-order valence-electron chi connectivity index (χ1n) is 3.90. The summed E-state index contributed by atoms with van der Waals surface area (Å²) in [4.78, 5) is 22.2. The van der Waals surface area contributed by atoms with Crippen molar-refractivity contribution in [2.45, 2.75) is 24.5 Å². The van der Waals surface area contributed by atoms with Crippen LogP contribution in [-0.4, -0.2) is 22.1 Å². The number of fused-ring (bicyclic) bond motifs is 1. The number of nitrogens with one attached hydrogen (secondary N) is 1. The molecular formula is C7H11NO2S. The number of amides is 2. The normalized spacial score (nSPS) is 36.7. The maximum Gasteiger partial charge on any atom is 0.266 e. The maximum atomic E-state index is 11.1. The number of carbonyl (C=O) groups is 2. The van der Waals surface area contributed by atoms with Crippen LogP contribution in [0.15, 0.2) is 0 Å². The maximum absolute atomic E-state index is 11.1. The van der Waals surface area contributed by atoms with Crippen LogP contribution in [0, 0.1) is 0 Å². The van der Waals surface area contributed by atoms with Gasteiger partial charge in [-0.25, -0.2) is 0 Å². The van der Waals surface area contributed by atoms with E-state index in [9.17, 15) is 9.59 Å². The van der Waals surface area contributed by atoms with Crippen molar-refractivity contribution < 1.29 is 9.59 Å². The van der Waals surface area contributed by atoms with Gasteiger partial charge in [0.2, 0.25) is 5.91 Å². The Morgan fingerprint density at radius 1 is 1.36 bits per heavy atom. The Bertz CT molecular complexity index is 194. The molecule has 2 atom stereocenters. The number of imide groups is 1. The zero-order valence-corrected chi connectivity index (χ0v) is 7.06. The average molecular weight is 173 g/mol. The number of thiol groups is 1. The summed E-state index contributed by atoms with van der Waals surface area (Å²) in [5.74, 6) is 0.957. The van der Waals surface area contributed by atoms with Gasteiger partial charge in [-0.1, -0.05) is 6.42 Å². The Morgan fingerprint density at radius 2 is 2.18 bits per heavy atom. The Hall–Kier alpha value is -0.510. The van der Waals surface area contributed by atoms with Crippen LogP contribution in [0.5, 0.6) is 0 Å². The summed E-state index contributed by atoms with van der Waals surface area (Å²) < 4.78 is 0. The van der Waals surface area contributed by atoms with Crippen LogP contribution in [0.4, 0.5) is 4.79 Å². The molecule has 2 heterocycles. The lowest BCUT2D eigenvalue weighted by atomic mass is 10.2. The predicted octanol–water partition coefficient (Wildman–Crippen LogP) is 0.790. The Balaban J connectivity index is 2.19. The lowest BCUT2D eigenvalue weighted by molar-refractivity contribution is -0.119. The minimum absolute atomic E-state index is 0.0131. The van der Waals surface area contributed by atoms with Crippen LogP contribution >= 0.6 is 10.9 Å². The van der Waals surface area contributed by atoms with E-state index in [2.05, 4.69) is 5.32 Å². The molecular weight excluding hydrogens is 162 g/mol. The largest absolute Gasteiger partial charge is 0.288 e. The van der Waals surface area contributed by atoms with E-state index in [-0.39, 0.29) is 16.4 Å². The molecule has 11 heavy (non-hydrogen) atoms. The highest BCUT2D eigenvalue weighted by molar-refractivity contribution is 8.31. The summed E-state index contributed by atoms with van der Waals surface area (Å²) in [6, 6.07) is 0. The van der Waals surface area contributed by atoms with Gasteiger partial charge in [0.25, 0.3) is 5.24 Å². The molecule has 0 unspecified atom stereocenters.